The number of unbranched alkanes of at least 4 members (excludes halogenated alkanes) is 4. The average molecular weight is 477 g/mol. The second-order valence-electron chi connectivity index (χ2n) is 9.39. The number of hydrogen-bond acceptors (Lipinski definition) is 4. The van der Waals surface area contributed by atoms with Gasteiger partial charge in [0.2, 0.25) is 0 Å². The molecule has 0 atom stereocenters. The van der Waals surface area contributed by atoms with E-state index in [1.54, 1.807) is 0 Å². The van der Waals surface area contributed by atoms with Gasteiger partial charge in [0.05, 0.1) is 16.5 Å². The quantitative estimate of drug-likeness (QED) is 0.310. The third-order valence-corrected chi connectivity index (χ3v) is 7.06. The summed E-state index contributed by atoms with van der Waals surface area (Å²) < 4.78 is 0. The summed E-state index contributed by atoms with van der Waals surface area (Å²) in [6.07, 6.45) is 12.7. The van der Waals surface area contributed by atoms with Crippen molar-refractivity contribution in [1.29, 1.82) is 0 Å². The number of rotatable bonds is 11. The van der Waals surface area contributed by atoms with Gasteiger partial charge in [-0.05, 0) is 74.6 Å². The lowest BCUT2D eigenvalue weighted by Crippen LogP contribution is -2.27. The van der Waals surface area contributed by atoms with Crippen molar-refractivity contribution in [3.63, 3.8) is 0 Å². The van der Waals surface area contributed by atoms with E-state index >= 15 is 0 Å². The molecule has 1 aromatic carbocycles. The number of benzene rings is 1. The van der Waals surface area contributed by atoms with Crippen LogP contribution < -0.4 is 0 Å². The number of carbonyl (C=O) groups is 4. The monoisotopic (exact) mass is 476 g/mol. The van der Waals surface area contributed by atoms with Crippen LogP contribution in [0.1, 0.15) is 115 Å². The maximum absolute atomic E-state index is 11.3. The van der Waals surface area contributed by atoms with E-state index in [9.17, 15) is 24.3 Å². The normalized spacial score (nSPS) is 16.1. The molecule has 2 aliphatic rings. The van der Waals surface area contributed by atoms with E-state index in [1.165, 1.54) is 12.1 Å². The number of aliphatic carboxylic acids is 2. The topological polar surface area (TPSA) is 149 Å². The van der Waals surface area contributed by atoms with Crippen molar-refractivity contribution in [2.45, 2.75) is 96.3 Å². The SMILES string of the molecule is O=C(O)CCCCCCCC1(C(=O)O)CCCC1.O=C(O)c1ccc(C(=O)O)c2c1CCCC2. The van der Waals surface area contributed by atoms with Gasteiger partial charge in [-0.15, -0.1) is 0 Å². The minimum Gasteiger partial charge on any atom is -0.481 e. The molecular weight excluding hydrogens is 440 g/mol. The molecule has 1 aromatic rings. The summed E-state index contributed by atoms with van der Waals surface area (Å²) in [5, 5.41) is 35.8. The summed E-state index contributed by atoms with van der Waals surface area (Å²) in [5.41, 5.74) is 1.47. The molecule has 0 saturated heterocycles. The van der Waals surface area contributed by atoms with E-state index in [1.807, 2.05) is 0 Å². The lowest BCUT2D eigenvalue weighted by Gasteiger charge is -2.23. The van der Waals surface area contributed by atoms with Crippen LogP contribution in [-0.4, -0.2) is 44.3 Å². The molecule has 0 radical (unpaired) electrons. The van der Waals surface area contributed by atoms with E-state index in [0.29, 0.717) is 24.0 Å². The van der Waals surface area contributed by atoms with Gasteiger partial charge < -0.3 is 20.4 Å². The summed E-state index contributed by atoms with van der Waals surface area (Å²) >= 11 is 0. The largest absolute Gasteiger partial charge is 0.481 e. The zero-order chi connectivity index (χ0) is 25.1. The van der Waals surface area contributed by atoms with Gasteiger partial charge in [0.15, 0.2) is 0 Å². The highest BCUT2D eigenvalue weighted by Crippen LogP contribution is 2.42. The maximum atomic E-state index is 11.3. The van der Waals surface area contributed by atoms with Crippen LogP contribution in [0.5, 0.6) is 0 Å². The van der Waals surface area contributed by atoms with Crippen molar-refractivity contribution >= 4 is 23.9 Å². The maximum Gasteiger partial charge on any atom is 0.335 e. The van der Waals surface area contributed by atoms with Crippen molar-refractivity contribution in [3.05, 3.63) is 34.4 Å². The standard InChI is InChI=1S/C14H24O4.C12H12O4/c15-12(16)8-4-2-1-3-5-9-14(13(17)18)10-6-7-11-14;13-11(14)9-5-6-10(12(15)16)8-4-2-1-3-7(8)9/h1-11H2,(H,15,16)(H,17,18);5-6H,1-4H2,(H,13,14)(H,15,16). The Bertz CT molecular complexity index is 840. The van der Waals surface area contributed by atoms with Gasteiger partial charge in [-0.25, -0.2) is 9.59 Å². The summed E-state index contributed by atoms with van der Waals surface area (Å²) in [5.74, 6) is -3.30. The highest BCUT2D eigenvalue weighted by molar-refractivity contribution is 5.95. The second-order valence-corrected chi connectivity index (χ2v) is 9.39. The number of hydrogen-bond donors (Lipinski definition) is 4. The summed E-state index contributed by atoms with van der Waals surface area (Å²) in [4.78, 5) is 43.6. The number of aromatic carboxylic acids is 2. The van der Waals surface area contributed by atoms with E-state index in [0.717, 1.165) is 77.0 Å². The van der Waals surface area contributed by atoms with Crippen molar-refractivity contribution < 1.29 is 39.6 Å². The molecule has 1 saturated carbocycles. The van der Waals surface area contributed by atoms with Crippen LogP contribution in [0.2, 0.25) is 0 Å². The average Bonchev–Trinajstić information content (AvgIpc) is 3.28. The Labute approximate surface area is 200 Å². The molecule has 34 heavy (non-hydrogen) atoms. The van der Waals surface area contributed by atoms with E-state index in [2.05, 4.69) is 0 Å². The molecule has 0 spiro atoms. The molecular formula is C26H36O8. The fourth-order valence-corrected chi connectivity index (χ4v) is 5.16. The summed E-state index contributed by atoms with van der Waals surface area (Å²) in [7, 11) is 0. The number of carboxylic acid groups (broad SMARTS) is 4. The fraction of sp³-hybridized carbons (Fsp3) is 0.615. The van der Waals surface area contributed by atoms with Gasteiger partial charge in [0.1, 0.15) is 0 Å². The minimum atomic E-state index is -0.977. The molecule has 8 nitrogen and oxygen atoms in total. The van der Waals surface area contributed by atoms with Gasteiger partial charge in [-0.3, -0.25) is 9.59 Å². The lowest BCUT2D eigenvalue weighted by atomic mass is 9.81. The Morgan fingerprint density at radius 3 is 1.59 bits per heavy atom. The van der Waals surface area contributed by atoms with E-state index in [-0.39, 0.29) is 17.5 Å². The molecule has 2 aliphatic carbocycles. The Hall–Kier alpha value is -2.90. The first-order valence-electron chi connectivity index (χ1n) is 12.2. The van der Waals surface area contributed by atoms with Crippen LogP contribution in [0.25, 0.3) is 0 Å². The van der Waals surface area contributed by atoms with Gasteiger partial charge in [-0.1, -0.05) is 38.5 Å². The van der Waals surface area contributed by atoms with Crippen molar-refractivity contribution in [1.82, 2.24) is 0 Å². The fourth-order valence-electron chi connectivity index (χ4n) is 5.16. The van der Waals surface area contributed by atoms with Crippen molar-refractivity contribution in [2.24, 2.45) is 5.41 Å². The summed E-state index contributed by atoms with van der Waals surface area (Å²) in [6.45, 7) is 0. The predicted molar refractivity (Wildman–Crippen MR) is 125 cm³/mol. The van der Waals surface area contributed by atoms with Crippen LogP contribution in [0.4, 0.5) is 0 Å². The van der Waals surface area contributed by atoms with Gasteiger partial charge >= 0.3 is 23.9 Å². The third kappa shape index (κ3) is 7.57. The number of carboxylic acids is 4. The Balaban J connectivity index is 0.000000241. The second kappa shape index (κ2) is 13.1. The highest BCUT2D eigenvalue weighted by Gasteiger charge is 2.40. The molecule has 0 heterocycles. The van der Waals surface area contributed by atoms with Crippen molar-refractivity contribution in [3.8, 4) is 0 Å². The lowest BCUT2D eigenvalue weighted by molar-refractivity contribution is -0.149. The van der Waals surface area contributed by atoms with Crippen LogP contribution in [0, 0.1) is 5.41 Å². The zero-order valence-corrected chi connectivity index (χ0v) is 19.7. The van der Waals surface area contributed by atoms with Crippen LogP contribution in [0.15, 0.2) is 12.1 Å². The summed E-state index contributed by atoms with van der Waals surface area (Å²) in [6, 6.07) is 2.80. The minimum absolute atomic E-state index is 0.249. The molecule has 1 fully saturated rings. The highest BCUT2D eigenvalue weighted by atomic mass is 16.4. The van der Waals surface area contributed by atoms with Crippen LogP contribution >= 0.6 is 0 Å². The van der Waals surface area contributed by atoms with E-state index in [4.69, 9.17) is 15.3 Å². The molecule has 4 N–H and O–H groups in total. The third-order valence-electron chi connectivity index (χ3n) is 7.06. The van der Waals surface area contributed by atoms with Crippen LogP contribution in [-0.2, 0) is 22.4 Å². The van der Waals surface area contributed by atoms with Gasteiger partial charge in [0.25, 0.3) is 0 Å². The first-order chi connectivity index (χ1) is 16.2. The smallest absolute Gasteiger partial charge is 0.335 e. The molecule has 0 unspecified atom stereocenters. The van der Waals surface area contributed by atoms with Crippen LogP contribution in [0.3, 0.4) is 0 Å². The first kappa shape index (κ1) is 27.3. The van der Waals surface area contributed by atoms with E-state index < -0.39 is 29.3 Å². The Kier molecular flexibility index (Phi) is 10.5. The van der Waals surface area contributed by atoms with Gasteiger partial charge in [0, 0.05) is 6.42 Å². The Morgan fingerprint density at radius 2 is 1.15 bits per heavy atom. The molecule has 0 aromatic heterocycles. The number of fused-ring (bicyclic) bond motifs is 1. The Morgan fingerprint density at radius 1 is 0.676 bits per heavy atom. The molecule has 188 valence electrons. The predicted octanol–water partition coefficient (Wildman–Crippen LogP) is 5.41. The van der Waals surface area contributed by atoms with Gasteiger partial charge in [-0.2, -0.15) is 0 Å². The molecule has 0 bridgehead atoms. The molecule has 0 amide bonds. The zero-order valence-electron chi connectivity index (χ0n) is 19.7. The molecule has 8 heteroatoms. The first-order valence-corrected chi connectivity index (χ1v) is 12.2. The molecule has 0 aliphatic heterocycles. The molecule has 3 rings (SSSR count). The van der Waals surface area contributed by atoms with Crippen molar-refractivity contribution in [2.75, 3.05) is 0 Å².